The summed E-state index contributed by atoms with van der Waals surface area (Å²) in [6.07, 6.45) is 85.4. The molecule has 0 amide bonds. The van der Waals surface area contributed by atoms with Gasteiger partial charge in [-0.05, 0) is 64.2 Å². The lowest BCUT2D eigenvalue weighted by atomic mass is 10.0. The smallest absolute Gasteiger partial charge is 0.306 e. The molecule has 0 aromatic carbocycles. The van der Waals surface area contributed by atoms with Crippen molar-refractivity contribution in [3.8, 4) is 0 Å². The minimum Gasteiger partial charge on any atom is -0.462 e. The van der Waals surface area contributed by atoms with Crippen LogP contribution in [-0.4, -0.2) is 37.2 Å². The summed E-state index contributed by atoms with van der Waals surface area (Å²) >= 11 is 0. The zero-order chi connectivity index (χ0) is 56.4. The summed E-state index contributed by atoms with van der Waals surface area (Å²) in [6.45, 7) is 6.57. The first-order chi connectivity index (χ1) is 38.5. The molecule has 0 radical (unpaired) electrons. The molecule has 0 saturated heterocycles. The van der Waals surface area contributed by atoms with Crippen molar-refractivity contribution in [2.45, 2.75) is 367 Å². The van der Waals surface area contributed by atoms with Crippen LogP contribution in [-0.2, 0) is 28.6 Å². The number of hydrogen-bond donors (Lipinski definition) is 0. The Morgan fingerprint density at radius 1 is 0.269 bits per heavy atom. The van der Waals surface area contributed by atoms with Crippen molar-refractivity contribution in [3.63, 3.8) is 0 Å². The molecule has 454 valence electrons. The van der Waals surface area contributed by atoms with Gasteiger partial charge in [0.15, 0.2) is 6.10 Å². The van der Waals surface area contributed by atoms with Crippen molar-refractivity contribution in [1.82, 2.24) is 0 Å². The van der Waals surface area contributed by atoms with Gasteiger partial charge in [-0.25, -0.2) is 0 Å². The fourth-order valence-electron chi connectivity index (χ4n) is 10.2. The molecule has 0 aliphatic rings. The summed E-state index contributed by atoms with van der Waals surface area (Å²) in [5.41, 5.74) is 0. The van der Waals surface area contributed by atoms with Crippen molar-refractivity contribution in [3.05, 3.63) is 60.8 Å². The third-order valence-electron chi connectivity index (χ3n) is 15.3. The first-order valence-corrected chi connectivity index (χ1v) is 34.3. The topological polar surface area (TPSA) is 78.9 Å². The second-order valence-electron chi connectivity index (χ2n) is 23.1. The van der Waals surface area contributed by atoms with E-state index in [1.54, 1.807) is 0 Å². The normalized spacial score (nSPS) is 12.4. The summed E-state index contributed by atoms with van der Waals surface area (Å²) in [5.74, 6) is -0.842. The van der Waals surface area contributed by atoms with Gasteiger partial charge in [0.1, 0.15) is 13.2 Å². The Morgan fingerprint density at radius 2 is 0.500 bits per heavy atom. The summed E-state index contributed by atoms with van der Waals surface area (Å²) < 4.78 is 16.9. The minimum absolute atomic E-state index is 0.0658. The lowest BCUT2D eigenvalue weighted by Crippen LogP contribution is -2.30. The highest BCUT2D eigenvalue weighted by atomic mass is 16.6. The summed E-state index contributed by atoms with van der Waals surface area (Å²) in [4.78, 5) is 38.2. The van der Waals surface area contributed by atoms with Gasteiger partial charge < -0.3 is 14.2 Å². The van der Waals surface area contributed by atoms with Gasteiger partial charge in [-0.3, -0.25) is 14.4 Å². The lowest BCUT2D eigenvalue weighted by Gasteiger charge is -2.18. The Labute approximate surface area is 485 Å². The second kappa shape index (κ2) is 66.6. The van der Waals surface area contributed by atoms with E-state index >= 15 is 0 Å². The van der Waals surface area contributed by atoms with Crippen molar-refractivity contribution >= 4 is 17.9 Å². The molecule has 0 heterocycles. The quantitative estimate of drug-likeness (QED) is 0.0261. The van der Waals surface area contributed by atoms with Gasteiger partial charge in [0.2, 0.25) is 0 Å². The molecule has 1 unspecified atom stereocenters. The van der Waals surface area contributed by atoms with E-state index in [4.69, 9.17) is 14.2 Å². The number of esters is 3. The minimum atomic E-state index is -0.767. The van der Waals surface area contributed by atoms with Gasteiger partial charge in [0.25, 0.3) is 0 Å². The number of carbonyl (C=O) groups excluding carboxylic acids is 3. The van der Waals surface area contributed by atoms with E-state index in [0.29, 0.717) is 19.3 Å². The molecule has 0 aromatic rings. The van der Waals surface area contributed by atoms with Crippen LogP contribution in [0.25, 0.3) is 0 Å². The van der Waals surface area contributed by atoms with Crippen LogP contribution in [0.3, 0.4) is 0 Å². The van der Waals surface area contributed by atoms with Crippen LogP contribution in [0.15, 0.2) is 60.8 Å². The fraction of sp³-hybridized carbons (Fsp3) is 0.819. The van der Waals surface area contributed by atoms with Crippen molar-refractivity contribution in [2.75, 3.05) is 13.2 Å². The molecular formula is C72H130O6. The maximum absolute atomic E-state index is 12.9. The first kappa shape index (κ1) is 75.1. The average Bonchev–Trinajstić information content (AvgIpc) is 3.44. The van der Waals surface area contributed by atoms with E-state index in [1.807, 2.05) is 0 Å². The van der Waals surface area contributed by atoms with Gasteiger partial charge in [-0.2, -0.15) is 0 Å². The van der Waals surface area contributed by atoms with Crippen LogP contribution in [0.4, 0.5) is 0 Å². The zero-order valence-corrected chi connectivity index (χ0v) is 52.2. The van der Waals surface area contributed by atoms with Crippen molar-refractivity contribution in [1.29, 1.82) is 0 Å². The van der Waals surface area contributed by atoms with E-state index in [-0.39, 0.29) is 31.1 Å². The highest BCUT2D eigenvalue weighted by Crippen LogP contribution is 2.18. The molecule has 0 aliphatic carbocycles. The van der Waals surface area contributed by atoms with Crippen molar-refractivity contribution < 1.29 is 28.6 Å². The largest absolute Gasteiger partial charge is 0.462 e. The van der Waals surface area contributed by atoms with Gasteiger partial charge >= 0.3 is 17.9 Å². The van der Waals surface area contributed by atoms with Gasteiger partial charge in [-0.1, -0.05) is 338 Å². The number of ether oxygens (including phenoxy) is 3. The van der Waals surface area contributed by atoms with E-state index in [0.717, 1.165) is 89.9 Å². The summed E-state index contributed by atoms with van der Waals surface area (Å²) in [7, 11) is 0. The van der Waals surface area contributed by atoms with Crippen LogP contribution in [0, 0.1) is 0 Å². The molecule has 78 heavy (non-hydrogen) atoms. The molecule has 0 N–H and O–H groups in total. The Bertz CT molecular complexity index is 1390. The van der Waals surface area contributed by atoms with Crippen molar-refractivity contribution in [2.24, 2.45) is 0 Å². The number of carbonyl (C=O) groups is 3. The van der Waals surface area contributed by atoms with Crippen LogP contribution in [0.1, 0.15) is 361 Å². The molecule has 1 atom stereocenters. The Balaban J connectivity index is 4.03. The highest BCUT2D eigenvalue weighted by molar-refractivity contribution is 5.71. The van der Waals surface area contributed by atoms with E-state index in [1.165, 1.54) is 231 Å². The van der Waals surface area contributed by atoms with E-state index in [9.17, 15) is 14.4 Å². The maximum Gasteiger partial charge on any atom is 0.306 e. The highest BCUT2D eigenvalue weighted by Gasteiger charge is 2.19. The van der Waals surface area contributed by atoms with Gasteiger partial charge in [-0.15, -0.1) is 0 Å². The molecule has 0 fully saturated rings. The number of unbranched alkanes of at least 4 members (excludes halogenated alkanes) is 42. The van der Waals surface area contributed by atoms with Crippen LogP contribution in [0.5, 0.6) is 0 Å². The molecule has 0 bridgehead atoms. The fourth-order valence-corrected chi connectivity index (χ4v) is 10.2. The molecule has 6 nitrogen and oxygen atoms in total. The predicted octanol–water partition coefficient (Wildman–Crippen LogP) is 23.5. The number of rotatable bonds is 63. The molecule has 6 heteroatoms. The zero-order valence-electron chi connectivity index (χ0n) is 52.2. The SMILES string of the molecule is CC/C=C\C/C=C\C/C=C\C/C=C\C/C=C\CCCCCCCCCCCCCCCCCCCCCC(=O)OCC(COC(=O)CCCCCCCCCCCCCC)OC(=O)CCCCCCCCCCCCCCC. The van der Waals surface area contributed by atoms with E-state index in [2.05, 4.69) is 81.5 Å². The van der Waals surface area contributed by atoms with E-state index < -0.39 is 6.10 Å². The Kier molecular flexibility index (Phi) is 64.2. The Morgan fingerprint density at radius 3 is 0.782 bits per heavy atom. The lowest BCUT2D eigenvalue weighted by molar-refractivity contribution is -0.167. The van der Waals surface area contributed by atoms with Gasteiger partial charge in [0, 0.05) is 19.3 Å². The molecule has 0 saturated carbocycles. The molecule has 0 rings (SSSR count). The number of hydrogen-bond acceptors (Lipinski definition) is 6. The second-order valence-corrected chi connectivity index (χ2v) is 23.1. The third-order valence-corrected chi connectivity index (χ3v) is 15.3. The van der Waals surface area contributed by atoms with Crippen LogP contribution >= 0.6 is 0 Å². The number of allylic oxidation sites excluding steroid dienone is 10. The predicted molar refractivity (Wildman–Crippen MR) is 339 cm³/mol. The molecular weight excluding hydrogens is 961 g/mol. The molecule has 0 aromatic heterocycles. The summed E-state index contributed by atoms with van der Waals surface area (Å²) in [6, 6.07) is 0. The van der Waals surface area contributed by atoms with Gasteiger partial charge in [0.05, 0.1) is 0 Å². The monoisotopic (exact) mass is 1090 g/mol. The van der Waals surface area contributed by atoms with Crippen LogP contribution in [0.2, 0.25) is 0 Å². The average molecular weight is 1090 g/mol. The first-order valence-electron chi connectivity index (χ1n) is 34.3. The molecule has 0 aliphatic heterocycles. The summed E-state index contributed by atoms with van der Waals surface area (Å²) in [5, 5.41) is 0. The third kappa shape index (κ3) is 63.9. The maximum atomic E-state index is 12.9. The molecule has 0 spiro atoms. The Hall–Kier alpha value is -2.89. The standard InChI is InChI=1S/C72H130O6/c1-4-7-10-13-16-19-22-25-26-27-28-29-30-31-32-33-34-35-36-37-38-39-40-41-42-43-44-45-46-48-50-53-56-59-62-65-71(74)77-68-69(67-76-70(73)64-61-58-55-52-49-24-21-18-15-12-9-6-3)78-72(75)66-63-60-57-54-51-47-23-20-17-14-11-8-5-2/h7,10,16,19,25-26,28-29,31-32,69H,4-6,8-9,11-15,17-18,20-24,27,30,33-68H2,1-3H3/b10-7-,19-16-,26-25-,29-28-,32-31-. The van der Waals surface area contributed by atoms with Crippen LogP contribution < -0.4 is 0 Å².